The monoisotopic (exact) mass is 300 g/mol. The molecule has 4 heteroatoms. The molecule has 0 bridgehead atoms. The van der Waals surface area contributed by atoms with Crippen LogP contribution in [0.4, 0.5) is 5.69 Å². The molecule has 0 unspecified atom stereocenters. The van der Waals surface area contributed by atoms with Gasteiger partial charge in [0.15, 0.2) is 0 Å². The molecule has 108 valence electrons. The zero-order valence-electron chi connectivity index (χ0n) is 11.6. The van der Waals surface area contributed by atoms with E-state index in [1.807, 2.05) is 30.3 Å². The zero-order valence-corrected chi connectivity index (χ0v) is 12.3. The predicted octanol–water partition coefficient (Wildman–Crippen LogP) is 3.80. The number of amides is 1. The summed E-state index contributed by atoms with van der Waals surface area (Å²) in [6, 6.07) is 15.7. The summed E-state index contributed by atoms with van der Waals surface area (Å²) in [6.07, 6.45) is 2.09. The number of benzene rings is 2. The molecule has 0 saturated heterocycles. The van der Waals surface area contributed by atoms with E-state index in [0.717, 1.165) is 23.6 Å². The molecule has 21 heavy (non-hydrogen) atoms. The maximum atomic E-state index is 11.2. The van der Waals surface area contributed by atoms with Gasteiger partial charge in [0.2, 0.25) is 5.91 Å². The van der Waals surface area contributed by atoms with Crippen molar-refractivity contribution < 1.29 is 4.79 Å². The van der Waals surface area contributed by atoms with Crippen molar-refractivity contribution in [3.63, 3.8) is 0 Å². The minimum Gasteiger partial charge on any atom is -0.382 e. The number of hydrogen-bond donors (Lipinski definition) is 2. The first-order valence-corrected chi connectivity index (χ1v) is 7.42. The molecular formula is C17H17ClN2O. The van der Waals surface area contributed by atoms with Crippen LogP contribution in [0.25, 0.3) is 0 Å². The van der Waals surface area contributed by atoms with Crippen LogP contribution in [0, 0.1) is 0 Å². The third kappa shape index (κ3) is 3.03. The van der Waals surface area contributed by atoms with Crippen LogP contribution in [0.3, 0.4) is 0 Å². The zero-order chi connectivity index (χ0) is 14.8. The third-order valence-electron chi connectivity index (χ3n) is 4.00. The van der Waals surface area contributed by atoms with Gasteiger partial charge in [-0.1, -0.05) is 35.9 Å². The van der Waals surface area contributed by atoms with E-state index < -0.39 is 5.91 Å². The summed E-state index contributed by atoms with van der Waals surface area (Å²) in [7, 11) is 0. The van der Waals surface area contributed by atoms with Crippen LogP contribution < -0.4 is 11.1 Å². The van der Waals surface area contributed by atoms with Crippen molar-refractivity contribution in [2.24, 2.45) is 5.73 Å². The van der Waals surface area contributed by atoms with E-state index in [-0.39, 0.29) is 0 Å². The molecule has 3 N–H and O–H groups in total. The quantitative estimate of drug-likeness (QED) is 0.902. The first-order valence-electron chi connectivity index (χ1n) is 7.04. The molecule has 1 aliphatic carbocycles. The Morgan fingerprint density at radius 2 is 1.90 bits per heavy atom. The third-order valence-corrected chi connectivity index (χ3v) is 4.35. The van der Waals surface area contributed by atoms with Crippen molar-refractivity contribution in [2.45, 2.75) is 24.8 Å². The highest BCUT2D eigenvalue weighted by Crippen LogP contribution is 2.41. The van der Waals surface area contributed by atoms with E-state index in [0.29, 0.717) is 17.5 Å². The van der Waals surface area contributed by atoms with Gasteiger partial charge in [0.25, 0.3) is 0 Å². The predicted molar refractivity (Wildman–Crippen MR) is 85.8 cm³/mol. The van der Waals surface area contributed by atoms with Crippen LogP contribution in [0.15, 0.2) is 48.5 Å². The molecule has 3 rings (SSSR count). The van der Waals surface area contributed by atoms with E-state index in [2.05, 4.69) is 11.4 Å². The van der Waals surface area contributed by atoms with Gasteiger partial charge in [-0.25, -0.2) is 0 Å². The smallest absolute Gasteiger partial charge is 0.248 e. The maximum absolute atomic E-state index is 11.2. The fourth-order valence-corrected chi connectivity index (χ4v) is 3.08. The van der Waals surface area contributed by atoms with Crippen molar-refractivity contribution in [3.8, 4) is 0 Å². The molecular weight excluding hydrogens is 284 g/mol. The van der Waals surface area contributed by atoms with Gasteiger partial charge in [0.1, 0.15) is 0 Å². The summed E-state index contributed by atoms with van der Waals surface area (Å²) in [5.74, 6) is 0.108. The highest BCUT2D eigenvalue weighted by molar-refractivity contribution is 6.31. The number of carbonyl (C=O) groups excluding carboxylic acids is 1. The number of nitrogens with two attached hydrogens (primary N) is 1. The molecule has 0 aromatic heterocycles. The largest absolute Gasteiger partial charge is 0.382 e. The van der Waals surface area contributed by atoms with Crippen LogP contribution >= 0.6 is 11.6 Å². The van der Waals surface area contributed by atoms with Crippen LogP contribution in [0.2, 0.25) is 5.02 Å². The summed E-state index contributed by atoms with van der Waals surface area (Å²) >= 11 is 6.22. The summed E-state index contributed by atoms with van der Waals surface area (Å²) in [5.41, 5.74) is 7.99. The summed E-state index contributed by atoms with van der Waals surface area (Å²) in [5, 5.41) is 4.29. The van der Waals surface area contributed by atoms with Gasteiger partial charge in [-0.05, 0) is 48.6 Å². The molecule has 0 atom stereocenters. The topological polar surface area (TPSA) is 55.1 Å². The highest BCUT2D eigenvalue weighted by atomic mass is 35.5. The second-order valence-electron chi connectivity index (χ2n) is 5.48. The van der Waals surface area contributed by atoms with Crippen LogP contribution in [0.1, 0.15) is 34.7 Å². The minimum absolute atomic E-state index is 0.402. The lowest BCUT2D eigenvalue weighted by Gasteiger charge is -2.37. The minimum atomic E-state index is -0.402. The van der Waals surface area contributed by atoms with E-state index >= 15 is 0 Å². The molecule has 1 fully saturated rings. The molecule has 2 aromatic rings. The Bertz CT molecular complexity index is 665. The van der Waals surface area contributed by atoms with Crippen LogP contribution in [-0.4, -0.2) is 11.9 Å². The number of anilines is 1. The molecule has 0 radical (unpaired) electrons. The Labute approximate surface area is 129 Å². The molecule has 1 aliphatic rings. The van der Waals surface area contributed by atoms with Gasteiger partial charge < -0.3 is 11.1 Å². The molecule has 0 aliphatic heterocycles. The molecule has 2 aromatic carbocycles. The van der Waals surface area contributed by atoms with Crippen molar-refractivity contribution in [2.75, 3.05) is 5.32 Å². The average molecular weight is 301 g/mol. The number of halogens is 1. The molecule has 1 amide bonds. The van der Waals surface area contributed by atoms with Crippen LogP contribution in [-0.2, 0) is 0 Å². The first kappa shape index (κ1) is 14.0. The lowest BCUT2D eigenvalue weighted by molar-refractivity contribution is 0.100. The second-order valence-corrected chi connectivity index (χ2v) is 5.88. The molecule has 1 saturated carbocycles. The lowest BCUT2D eigenvalue weighted by Crippen LogP contribution is -2.34. The first-order chi connectivity index (χ1) is 10.1. The summed E-state index contributed by atoms with van der Waals surface area (Å²) in [6.45, 7) is 0. The van der Waals surface area contributed by atoms with Gasteiger partial charge in [0.05, 0.1) is 0 Å². The summed E-state index contributed by atoms with van der Waals surface area (Å²) in [4.78, 5) is 11.2. The van der Waals surface area contributed by atoms with Crippen LogP contribution in [0.5, 0.6) is 0 Å². The highest BCUT2D eigenvalue weighted by Gasteiger charge is 2.31. The van der Waals surface area contributed by atoms with E-state index in [4.69, 9.17) is 17.3 Å². The van der Waals surface area contributed by atoms with Gasteiger partial charge in [-0.15, -0.1) is 0 Å². The fourth-order valence-electron chi connectivity index (χ4n) is 2.79. The molecule has 3 nitrogen and oxygen atoms in total. The number of nitrogens with one attached hydrogen (secondary N) is 1. The maximum Gasteiger partial charge on any atom is 0.248 e. The Balaban J connectivity index is 1.61. The van der Waals surface area contributed by atoms with E-state index in [1.165, 1.54) is 5.56 Å². The number of primary amides is 1. The standard InChI is InChI=1S/C17H17ClN2O/c18-16-7-2-1-6-15(16)12-9-14(10-12)20-13-5-3-4-11(8-13)17(19)21/h1-8,12,14,20H,9-10H2,(H2,19,21). The normalized spacial score (nSPS) is 20.6. The Morgan fingerprint density at radius 3 is 2.62 bits per heavy atom. The van der Waals surface area contributed by atoms with Gasteiger partial charge in [-0.2, -0.15) is 0 Å². The molecule has 0 heterocycles. The molecule has 0 spiro atoms. The van der Waals surface area contributed by atoms with Gasteiger partial charge >= 0.3 is 0 Å². The number of carbonyl (C=O) groups is 1. The fraction of sp³-hybridized carbons (Fsp3) is 0.235. The average Bonchev–Trinajstić information content (AvgIpc) is 2.44. The van der Waals surface area contributed by atoms with E-state index in [1.54, 1.807) is 12.1 Å². The van der Waals surface area contributed by atoms with Crippen molar-refractivity contribution in [1.82, 2.24) is 0 Å². The van der Waals surface area contributed by atoms with Crippen molar-refractivity contribution in [3.05, 3.63) is 64.7 Å². The number of hydrogen-bond acceptors (Lipinski definition) is 2. The summed E-state index contributed by atoms with van der Waals surface area (Å²) < 4.78 is 0. The SMILES string of the molecule is NC(=O)c1cccc(NC2CC(c3ccccc3Cl)C2)c1. The second kappa shape index (κ2) is 5.78. The Hall–Kier alpha value is -2.00. The van der Waals surface area contributed by atoms with Crippen molar-refractivity contribution >= 4 is 23.2 Å². The number of rotatable bonds is 4. The Kier molecular flexibility index (Phi) is 3.84. The van der Waals surface area contributed by atoms with E-state index in [9.17, 15) is 4.79 Å². The Morgan fingerprint density at radius 1 is 1.14 bits per heavy atom. The van der Waals surface area contributed by atoms with Gasteiger partial charge in [0, 0.05) is 22.3 Å². The lowest BCUT2D eigenvalue weighted by atomic mass is 9.76. The van der Waals surface area contributed by atoms with Crippen molar-refractivity contribution in [1.29, 1.82) is 0 Å². The van der Waals surface area contributed by atoms with Gasteiger partial charge in [-0.3, -0.25) is 4.79 Å².